The van der Waals surface area contributed by atoms with Gasteiger partial charge >= 0.3 is 0 Å². The number of rotatable bonds is 3. The first-order valence-electron chi connectivity index (χ1n) is 9.28. The molecular formula is C20H26N4O. The summed E-state index contributed by atoms with van der Waals surface area (Å²) in [6.45, 7) is 7.67. The average molecular weight is 338 g/mol. The van der Waals surface area contributed by atoms with Crippen LogP contribution in [-0.2, 0) is 4.79 Å². The normalized spacial score (nSPS) is 25.9. The predicted octanol–water partition coefficient (Wildman–Crippen LogP) is 3.17. The molecule has 5 nitrogen and oxygen atoms in total. The van der Waals surface area contributed by atoms with Gasteiger partial charge in [0.05, 0.1) is 6.04 Å². The molecule has 25 heavy (non-hydrogen) atoms. The smallest absolute Gasteiger partial charge is 0.226 e. The fraction of sp³-hybridized carbons (Fsp3) is 0.550. The Morgan fingerprint density at radius 3 is 2.80 bits per heavy atom. The lowest BCUT2D eigenvalue weighted by Gasteiger charge is -2.33. The Balaban J connectivity index is 1.43. The van der Waals surface area contributed by atoms with Gasteiger partial charge in [-0.3, -0.25) is 4.79 Å². The van der Waals surface area contributed by atoms with Crippen molar-refractivity contribution in [1.29, 1.82) is 0 Å². The van der Waals surface area contributed by atoms with Gasteiger partial charge in [0, 0.05) is 19.0 Å². The Morgan fingerprint density at radius 1 is 1.24 bits per heavy atom. The molecule has 1 aliphatic heterocycles. The van der Waals surface area contributed by atoms with Gasteiger partial charge in [-0.05, 0) is 51.5 Å². The number of carbonyl (C=O) groups is 1. The van der Waals surface area contributed by atoms with Crippen molar-refractivity contribution in [3.63, 3.8) is 0 Å². The van der Waals surface area contributed by atoms with E-state index in [0.717, 1.165) is 44.0 Å². The summed E-state index contributed by atoms with van der Waals surface area (Å²) in [7, 11) is 0. The van der Waals surface area contributed by atoms with E-state index in [4.69, 9.17) is 0 Å². The molecule has 1 aliphatic carbocycles. The fourth-order valence-electron chi connectivity index (χ4n) is 4.21. The fourth-order valence-corrected chi connectivity index (χ4v) is 4.21. The van der Waals surface area contributed by atoms with Crippen LogP contribution in [0.2, 0.25) is 0 Å². The van der Waals surface area contributed by atoms with E-state index in [1.165, 1.54) is 11.1 Å². The van der Waals surface area contributed by atoms with Crippen molar-refractivity contribution < 1.29 is 4.79 Å². The number of hydrogen-bond donors (Lipinski definition) is 0. The lowest BCUT2D eigenvalue weighted by Crippen LogP contribution is -2.42. The maximum Gasteiger partial charge on any atom is 0.226 e. The van der Waals surface area contributed by atoms with E-state index in [-0.39, 0.29) is 12.0 Å². The Labute approximate surface area is 149 Å². The van der Waals surface area contributed by atoms with E-state index < -0.39 is 0 Å². The summed E-state index contributed by atoms with van der Waals surface area (Å²) in [5.41, 5.74) is 2.58. The Hall–Kier alpha value is -2.17. The second kappa shape index (κ2) is 6.28. The molecule has 0 bridgehead atoms. The van der Waals surface area contributed by atoms with E-state index in [1.54, 1.807) is 0 Å². The van der Waals surface area contributed by atoms with Crippen molar-refractivity contribution in [3.8, 4) is 0 Å². The molecule has 2 heterocycles. The summed E-state index contributed by atoms with van der Waals surface area (Å²) in [6.07, 6.45) is 3.10. The summed E-state index contributed by atoms with van der Waals surface area (Å²) in [4.78, 5) is 19.4. The number of likely N-dealkylation sites (tertiary alicyclic amines) is 1. The largest absolute Gasteiger partial charge is 0.340 e. The minimum absolute atomic E-state index is 0.166. The monoisotopic (exact) mass is 338 g/mol. The van der Waals surface area contributed by atoms with Crippen LogP contribution < -0.4 is 0 Å². The molecule has 4 rings (SSSR count). The van der Waals surface area contributed by atoms with Crippen LogP contribution >= 0.6 is 0 Å². The number of benzene rings is 1. The SMILES string of the molecule is Cc1cccc([C@@H]2C[C@H]2C(=O)N2CCC[C@@H](n3nc(C)nc3C)C2)c1. The molecule has 1 aromatic carbocycles. The number of carbonyl (C=O) groups excluding carboxylic acids is 1. The van der Waals surface area contributed by atoms with Gasteiger partial charge in [-0.25, -0.2) is 9.67 Å². The number of aryl methyl sites for hydroxylation is 3. The predicted molar refractivity (Wildman–Crippen MR) is 96.4 cm³/mol. The third kappa shape index (κ3) is 3.20. The van der Waals surface area contributed by atoms with Gasteiger partial charge in [-0.2, -0.15) is 5.10 Å². The number of amides is 1. The zero-order chi connectivity index (χ0) is 17.6. The molecule has 1 saturated heterocycles. The highest BCUT2D eigenvalue weighted by atomic mass is 16.2. The van der Waals surface area contributed by atoms with E-state index in [0.29, 0.717) is 11.8 Å². The number of nitrogens with zero attached hydrogens (tertiary/aromatic N) is 4. The number of hydrogen-bond acceptors (Lipinski definition) is 3. The molecule has 5 heteroatoms. The third-order valence-electron chi connectivity index (χ3n) is 5.54. The van der Waals surface area contributed by atoms with Gasteiger partial charge < -0.3 is 4.90 Å². The molecule has 1 saturated carbocycles. The zero-order valence-electron chi connectivity index (χ0n) is 15.3. The number of piperidine rings is 1. The molecule has 0 radical (unpaired) electrons. The minimum Gasteiger partial charge on any atom is -0.340 e. The van der Waals surface area contributed by atoms with Crippen molar-refractivity contribution in [2.24, 2.45) is 5.92 Å². The second-order valence-electron chi connectivity index (χ2n) is 7.59. The standard InChI is InChI=1S/C20H26N4O/c1-13-6-4-7-16(10-13)18-11-19(18)20(25)23-9-5-8-17(12-23)24-15(3)21-14(2)22-24/h4,6-7,10,17-19H,5,8-9,11-12H2,1-3H3/t17-,18+,19-/m1/s1. The van der Waals surface area contributed by atoms with Crippen molar-refractivity contribution in [2.45, 2.75) is 52.0 Å². The number of aromatic nitrogens is 3. The zero-order valence-corrected chi connectivity index (χ0v) is 15.3. The van der Waals surface area contributed by atoms with Crippen LogP contribution in [0.3, 0.4) is 0 Å². The van der Waals surface area contributed by atoms with Crippen molar-refractivity contribution in [1.82, 2.24) is 19.7 Å². The van der Waals surface area contributed by atoms with Gasteiger partial charge in [0.25, 0.3) is 0 Å². The first-order chi connectivity index (χ1) is 12.0. The summed E-state index contributed by atoms with van der Waals surface area (Å²) < 4.78 is 2.01. The molecule has 3 atom stereocenters. The lowest BCUT2D eigenvalue weighted by molar-refractivity contribution is -0.134. The van der Waals surface area contributed by atoms with Crippen LogP contribution in [0, 0.1) is 26.7 Å². The van der Waals surface area contributed by atoms with Crippen molar-refractivity contribution >= 4 is 5.91 Å². The van der Waals surface area contributed by atoms with Crippen LogP contribution in [0.4, 0.5) is 0 Å². The van der Waals surface area contributed by atoms with Crippen LogP contribution in [0.25, 0.3) is 0 Å². The van der Waals surface area contributed by atoms with Gasteiger partial charge in [-0.1, -0.05) is 29.8 Å². The maximum atomic E-state index is 13.0. The van der Waals surface area contributed by atoms with Crippen LogP contribution in [0.1, 0.15) is 54.0 Å². The second-order valence-corrected chi connectivity index (χ2v) is 7.59. The molecule has 132 valence electrons. The summed E-state index contributed by atoms with van der Waals surface area (Å²) in [5, 5.41) is 4.53. The van der Waals surface area contributed by atoms with E-state index in [9.17, 15) is 4.79 Å². The molecule has 1 aromatic heterocycles. The first-order valence-corrected chi connectivity index (χ1v) is 9.28. The van der Waals surface area contributed by atoms with Gasteiger partial charge in [0.1, 0.15) is 11.6 Å². The molecule has 2 aliphatic rings. The first kappa shape index (κ1) is 16.3. The molecule has 2 aromatic rings. The van der Waals surface area contributed by atoms with Gasteiger partial charge in [0.15, 0.2) is 0 Å². The highest BCUT2D eigenvalue weighted by molar-refractivity contribution is 5.83. The Morgan fingerprint density at radius 2 is 2.08 bits per heavy atom. The molecule has 0 unspecified atom stereocenters. The van der Waals surface area contributed by atoms with Crippen LogP contribution in [-0.4, -0.2) is 38.7 Å². The van der Waals surface area contributed by atoms with E-state index in [2.05, 4.69) is 46.2 Å². The molecule has 0 N–H and O–H groups in total. The van der Waals surface area contributed by atoms with Gasteiger partial charge in [-0.15, -0.1) is 0 Å². The average Bonchev–Trinajstić information content (AvgIpc) is 3.33. The molecule has 1 amide bonds. The molecule has 0 spiro atoms. The van der Waals surface area contributed by atoms with Crippen LogP contribution in [0.15, 0.2) is 24.3 Å². The Kier molecular flexibility index (Phi) is 4.10. The van der Waals surface area contributed by atoms with Gasteiger partial charge in [0.2, 0.25) is 5.91 Å². The summed E-state index contributed by atoms with van der Waals surface area (Å²) >= 11 is 0. The van der Waals surface area contributed by atoms with E-state index in [1.807, 2.05) is 18.5 Å². The highest BCUT2D eigenvalue weighted by Gasteiger charge is 2.46. The van der Waals surface area contributed by atoms with Crippen LogP contribution in [0.5, 0.6) is 0 Å². The molecular weight excluding hydrogens is 312 g/mol. The molecule has 2 fully saturated rings. The van der Waals surface area contributed by atoms with Crippen molar-refractivity contribution in [3.05, 3.63) is 47.0 Å². The topological polar surface area (TPSA) is 51.0 Å². The quantitative estimate of drug-likeness (QED) is 0.864. The van der Waals surface area contributed by atoms with Crippen molar-refractivity contribution in [2.75, 3.05) is 13.1 Å². The highest BCUT2D eigenvalue weighted by Crippen LogP contribution is 2.49. The third-order valence-corrected chi connectivity index (χ3v) is 5.54. The summed E-state index contributed by atoms with van der Waals surface area (Å²) in [5.74, 6) is 2.65. The van der Waals surface area contributed by atoms with E-state index >= 15 is 0 Å². The lowest BCUT2D eigenvalue weighted by atomic mass is 10.0. The minimum atomic E-state index is 0.166. The summed E-state index contributed by atoms with van der Waals surface area (Å²) in [6, 6.07) is 8.84. The Bertz CT molecular complexity index is 797. The maximum absolute atomic E-state index is 13.0.